The van der Waals surface area contributed by atoms with E-state index in [1.807, 2.05) is 53.6 Å². The molecular weight excluding hydrogens is 438 g/mol. The van der Waals surface area contributed by atoms with Crippen LogP contribution in [0.1, 0.15) is 47.3 Å². The molecule has 34 heavy (non-hydrogen) atoms. The maximum absolute atomic E-state index is 13.8. The lowest BCUT2D eigenvalue weighted by Crippen LogP contribution is -2.40. The summed E-state index contributed by atoms with van der Waals surface area (Å²) < 4.78 is 29.5. The zero-order chi connectivity index (χ0) is 24.0. The molecule has 0 saturated carbocycles. The van der Waals surface area contributed by atoms with E-state index in [9.17, 15) is 13.6 Å². The first-order valence-electron chi connectivity index (χ1n) is 11.3. The van der Waals surface area contributed by atoms with Crippen molar-refractivity contribution in [3.63, 3.8) is 0 Å². The van der Waals surface area contributed by atoms with Crippen LogP contribution in [-0.2, 0) is 0 Å². The summed E-state index contributed by atoms with van der Waals surface area (Å²) in [4.78, 5) is 23.3. The molecular formula is C25H26F2N6O. The van der Waals surface area contributed by atoms with Crippen LogP contribution in [0.15, 0.2) is 48.8 Å². The minimum atomic E-state index is -2.64. The first-order chi connectivity index (χ1) is 16.2. The summed E-state index contributed by atoms with van der Waals surface area (Å²) in [6, 6.07) is 11.0. The Labute approximate surface area is 195 Å². The summed E-state index contributed by atoms with van der Waals surface area (Å²) in [6.07, 6.45) is 3.11. The van der Waals surface area contributed by atoms with E-state index >= 15 is 0 Å². The summed E-state index contributed by atoms with van der Waals surface area (Å²) in [7, 11) is 0. The van der Waals surface area contributed by atoms with Crippen LogP contribution in [0.2, 0.25) is 0 Å². The van der Waals surface area contributed by atoms with Gasteiger partial charge in [-0.05, 0) is 37.6 Å². The fraction of sp³-hybridized carbons (Fsp3) is 0.320. The fourth-order valence-electron chi connectivity index (χ4n) is 4.64. The second-order valence-corrected chi connectivity index (χ2v) is 8.90. The van der Waals surface area contributed by atoms with E-state index < -0.39 is 11.8 Å². The summed E-state index contributed by atoms with van der Waals surface area (Å²) in [5, 5.41) is 4.28. The molecule has 0 bridgehead atoms. The number of hydrogen-bond acceptors (Lipinski definition) is 5. The lowest BCUT2D eigenvalue weighted by molar-refractivity contribution is -0.0222. The molecule has 1 aliphatic heterocycles. The Kier molecular flexibility index (Phi) is 5.34. The number of carbonyl (C=O) groups excluding carboxylic acids is 1. The average molecular weight is 465 g/mol. The largest absolute Gasteiger partial charge is 0.378 e. The molecule has 1 atom stereocenters. The Morgan fingerprint density at radius 3 is 2.68 bits per heavy atom. The molecule has 0 radical (unpaired) electrons. The first-order valence-corrected chi connectivity index (χ1v) is 11.3. The number of hydrogen-bond donors (Lipinski definition) is 2. The Bertz CT molecular complexity index is 1390. The van der Waals surface area contributed by atoms with Gasteiger partial charge in [0.25, 0.3) is 11.8 Å². The number of alkyl halides is 2. The van der Waals surface area contributed by atoms with E-state index in [0.717, 1.165) is 27.7 Å². The number of benzene rings is 2. The van der Waals surface area contributed by atoms with Gasteiger partial charge in [-0.3, -0.25) is 9.20 Å². The number of rotatable bonds is 5. The van der Waals surface area contributed by atoms with Gasteiger partial charge in [0.1, 0.15) is 5.65 Å². The van der Waals surface area contributed by atoms with Gasteiger partial charge in [0.2, 0.25) is 5.95 Å². The van der Waals surface area contributed by atoms with Gasteiger partial charge >= 0.3 is 0 Å². The molecule has 3 N–H and O–H groups in total. The fourth-order valence-corrected chi connectivity index (χ4v) is 4.64. The molecule has 176 valence electrons. The van der Waals surface area contributed by atoms with E-state index in [0.29, 0.717) is 17.2 Å². The standard InChI is InChI=1S/C25H26F2N6O/c1-15-13-18(16(2)30-20-6-4-3-5-17(20)22(28)34)21-19(14-15)23-29-9-12-33(23)24(31-21)32-10-7-25(26,27)8-11-32/h3-6,9,12-14,16,30H,7-8,10-11H2,1-2H3,(H2,28,34)/t16-/m1/s1. The summed E-state index contributed by atoms with van der Waals surface area (Å²) in [5.41, 5.74) is 10.0. The number of halogens is 2. The SMILES string of the molecule is Cc1cc([C@@H](C)Nc2ccccc2C(N)=O)c2nc(N3CCC(F)(F)CC3)n3ccnc3c2c1. The van der Waals surface area contributed by atoms with Gasteiger partial charge in [-0.15, -0.1) is 0 Å². The minimum Gasteiger partial charge on any atom is -0.378 e. The highest BCUT2D eigenvalue weighted by Crippen LogP contribution is 2.34. The van der Waals surface area contributed by atoms with Gasteiger partial charge in [0.05, 0.1) is 17.1 Å². The zero-order valence-electron chi connectivity index (χ0n) is 19.1. The van der Waals surface area contributed by atoms with E-state index in [1.54, 1.807) is 18.3 Å². The highest BCUT2D eigenvalue weighted by atomic mass is 19.3. The number of nitrogens with two attached hydrogens (primary N) is 1. The number of nitrogens with zero attached hydrogens (tertiary/aromatic N) is 4. The van der Waals surface area contributed by atoms with Crippen molar-refractivity contribution in [3.8, 4) is 0 Å². The van der Waals surface area contributed by atoms with Crippen LogP contribution in [0.5, 0.6) is 0 Å². The second-order valence-electron chi connectivity index (χ2n) is 8.90. The van der Waals surface area contributed by atoms with Gasteiger partial charge in [-0.25, -0.2) is 18.7 Å². The van der Waals surface area contributed by atoms with Gasteiger partial charge in [-0.2, -0.15) is 0 Å². The van der Waals surface area contributed by atoms with Crippen molar-refractivity contribution in [2.45, 2.75) is 38.7 Å². The Morgan fingerprint density at radius 2 is 1.94 bits per heavy atom. The molecule has 3 heterocycles. The van der Waals surface area contributed by atoms with E-state index in [1.165, 1.54) is 0 Å². The Hall–Kier alpha value is -3.75. The van der Waals surface area contributed by atoms with Crippen LogP contribution in [0.4, 0.5) is 20.4 Å². The molecule has 0 spiro atoms. The van der Waals surface area contributed by atoms with Crippen LogP contribution in [0.25, 0.3) is 16.6 Å². The molecule has 5 rings (SSSR count). The molecule has 1 aliphatic rings. The van der Waals surface area contributed by atoms with Gasteiger partial charge in [0.15, 0.2) is 0 Å². The minimum absolute atomic E-state index is 0.203. The smallest absolute Gasteiger partial charge is 0.251 e. The molecule has 2 aromatic carbocycles. The molecule has 2 aromatic heterocycles. The van der Waals surface area contributed by atoms with Gasteiger partial charge < -0.3 is 16.0 Å². The third kappa shape index (κ3) is 3.91. The van der Waals surface area contributed by atoms with Crippen molar-refractivity contribution in [1.82, 2.24) is 14.4 Å². The number of piperidine rings is 1. The highest BCUT2D eigenvalue weighted by molar-refractivity contribution is 5.99. The quantitative estimate of drug-likeness (QED) is 0.447. The summed E-state index contributed by atoms with van der Waals surface area (Å²) >= 11 is 0. The Balaban J connectivity index is 1.62. The number of fused-ring (bicyclic) bond motifs is 3. The third-order valence-corrected chi connectivity index (χ3v) is 6.40. The van der Waals surface area contributed by atoms with Crippen molar-refractivity contribution in [1.29, 1.82) is 0 Å². The van der Waals surface area contributed by atoms with Crippen molar-refractivity contribution in [3.05, 3.63) is 65.5 Å². The number of aromatic nitrogens is 3. The third-order valence-electron chi connectivity index (χ3n) is 6.40. The Morgan fingerprint density at radius 1 is 1.21 bits per heavy atom. The van der Waals surface area contributed by atoms with Crippen LogP contribution in [0, 0.1) is 6.92 Å². The highest BCUT2D eigenvalue weighted by Gasteiger charge is 2.35. The van der Waals surface area contributed by atoms with Crippen LogP contribution in [0.3, 0.4) is 0 Å². The van der Waals surface area contributed by atoms with Crippen LogP contribution >= 0.6 is 0 Å². The molecule has 1 amide bonds. The van der Waals surface area contributed by atoms with Crippen molar-refractivity contribution in [2.75, 3.05) is 23.3 Å². The normalized spacial score (nSPS) is 16.6. The maximum atomic E-state index is 13.8. The number of para-hydroxylation sites is 1. The lowest BCUT2D eigenvalue weighted by atomic mass is 10.00. The summed E-state index contributed by atoms with van der Waals surface area (Å²) in [6.45, 7) is 4.44. The van der Waals surface area contributed by atoms with E-state index in [2.05, 4.69) is 10.3 Å². The van der Waals surface area contributed by atoms with Crippen molar-refractivity contribution in [2.24, 2.45) is 5.73 Å². The average Bonchev–Trinajstić information content (AvgIpc) is 3.29. The predicted molar refractivity (Wildman–Crippen MR) is 129 cm³/mol. The topological polar surface area (TPSA) is 88.5 Å². The molecule has 1 fully saturated rings. The second kappa shape index (κ2) is 8.23. The molecule has 7 nitrogen and oxygen atoms in total. The number of nitrogens with one attached hydrogen (secondary N) is 1. The van der Waals surface area contributed by atoms with Crippen LogP contribution in [-0.4, -0.2) is 39.3 Å². The van der Waals surface area contributed by atoms with Crippen LogP contribution < -0.4 is 16.0 Å². The summed E-state index contributed by atoms with van der Waals surface area (Å²) in [5.74, 6) is -2.55. The van der Waals surface area contributed by atoms with Gasteiger partial charge in [0, 0.05) is 55.0 Å². The lowest BCUT2D eigenvalue weighted by Gasteiger charge is -2.33. The number of amides is 1. The molecule has 0 aliphatic carbocycles. The number of primary amides is 1. The molecule has 0 unspecified atom stereocenters. The molecule has 1 saturated heterocycles. The van der Waals surface area contributed by atoms with Crippen molar-refractivity contribution < 1.29 is 13.6 Å². The first kappa shape index (κ1) is 22.1. The molecule has 4 aromatic rings. The maximum Gasteiger partial charge on any atom is 0.251 e. The number of aryl methyl sites for hydroxylation is 1. The monoisotopic (exact) mass is 464 g/mol. The number of imidazole rings is 1. The van der Waals surface area contributed by atoms with Crippen molar-refractivity contribution >= 4 is 34.1 Å². The van der Waals surface area contributed by atoms with Gasteiger partial charge in [-0.1, -0.05) is 18.2 Å². The molecule has 9 heteroatoms. The predicted octanol–water partition coefficient (Wildman–Crippen LogP) is 4.70. The van der Waals surface area contributed by atoms with E-state index in [-0.39, 0.29) is 32.0 Å². The number of anilines is 2. The number of carbonyl (C=O) groups is 1. The zero-order valence-corrected chi connectivity index (χ0v) is 19.1. The van der Waals surface area contributed by atoms with E-state index in [4.69, 9.17) is 10.7 Å².